The quantitative estimate of drug-likeness (QED) is 0.447. The number of hydrogen-bond donors (Lipinski definition) is 2. The van der Waals surface area contributed by atoms with Gasteiger partial charge in [-0.25, -0.2) is 9.59 Å². The Morgan fingerprint density at radius 3 is 2.58 bits per heavy atom. The molecule has 10 heteroatoms. The van der Waals surface area contributed by atoms with E-state index in [4.69, 9.17) is 14.2 Å². The molecule has 0 bridgehead atoms. The molecule has 1 unspecified atom stereocenters. The van der Waals surface area contributed by atoms with Gasteiger partial charge in [-0.15, -0.1) is 0 Å². The van der Waals surface area contributed by atoms with E-state index in [0.29, 0.717) is 5.70 Å². The van der Waals surface area contributed by atoms with Gasteiger partial charge < -0.3 is 24.8 Å². The maximum atomic E-state index is 12.2. The second-order valence-corrected chi connectivity index (χ2v) is 5.32. The Labute approximate surface area is 149 Å². The van der Waals surface area contributed by atoms with Crippen molar-refractivity contribution in [3.8, 4) is 11.5 Å². The molecule has 1 atom stereocenters. The van der Waals surface area contributed by atoms with Crippen LogP contribution in [0.2, 0.25) is 0 Å². The molecule has 1 aliphatic rings. The Bertz CT molecular complexity index is 788. The van der Waals surface area contributed by atoms with Crippen LogP contribution >= 0.6 is 0 Å². The summed E-state index contributed by atoms with van der Waals surface area (Å²) in [6, 6.07) is 1.23. The molecule has 0 radical (unpaired) electrons. The summed E-state index contributed by atoms with van der Waals surface area (Å²) < 4.78 is 15.3. The maximum Gasteiger partial charge on any atom is 0.337 e. The van der Waals surface area contributed by atoms with Crippen LogP contribution in [0.1, 0.15) is 25.5 Å². The van der Waals surface area contributed by atoms with Crippen LogP contribution in [0, 0.1) is 10.1 Å². The standard InChI is InChI=1S/C16H19N3O7/c1-5-26-11-7-9(6-10(19(22)23)14(11)24-3)13-12(15(20)25-4)8(2)17-16(21)18-13/h6-7,13H,5H2,1-4H3,(H2,17,18,21). The minimum atomic E-state index is -0.944. The number of allylic oxidation sites excluding steroid dienone is 1. The molecule has 0 aliphatic carbocycles. The number of esters is 1. The van der Waals surface area contributed by atoms with Crippen LogP contribution < -0.4 is 20.1 Å². The molecule has 1 aromatic rings. The molecule has 0 saturated heterocycles. The Balaban J connectivity index is 2.68. The average molecular weight is 365 g/mol. The summed E-state index contributed by atoms with van der Waals surface area (Å²) >= 11 is 0. The number of urea groups is 1. The Hall–Kier alpha value is -3.30. The van der Waals surface area contributed by atoms with Crippen LogP contribution in [-0.4, -0.2) is 37.8 Å². The lowest BCUT2D eigenvalue weighted by molar-refractivity contribution is -0.385. The highest BCUT2D eigenvalue weighted by Gasteiger charge is 2.34. The Morgan fingerprint density at radius 1 is 1.35 bits per heavy atom. The lowest BCUT2D eigenvalue weighted by Crippen LogP contribution is -2.45. The number of ether oxygens (including phenoxy) is 3. The Kier molecular flexibility index (Phi) is 5.65. The van der Waals surface area contributed by atoms with Gasteiger partial charge >= 0.3 is 17.7 Å². The summed E-state index contributed by atoms with van der Waals surface area (Å²) in [6.07, 6.45) is 0. The van der Waals surface area contributed by atoms with Crippen LogP contribution in [0.5, 0.6) is 11.5 Å². The van der Waals surface area contributed by atoms with Crippen LogP contribution in [0.3, 0.4) is 0 Å². The number of benzene rings is 1. The monoisotopic (exact) mass is 365 g/mol. The lowest BCUT2D eigenvalue weighted by atomic mass is 9.94. The fraction of sp³-hybridized carbons (Fsp3) is 0.375. The smallest absolute Gasteiger partial charge is 0.337 e. The van der Waals surface area contributed by atoms with Gasteiger partial charge in [0, 0.05) is 11.8 Å². The van der Waals surface area contributed by atoms with Gasteiger partial charge in [-0.2, -0.15) is 0 Å². The molecule has 1 aliphatic heterocycles. The second-order valence-electron chi connectivity index (χ2n) is 5.32. The summed E-state index contributed by atoms with van der Waals surface area (Å²) in [5.41, 5.74) is 0.370. The fourth-order valence-corrected chi connectivity index (χ4v) is 2.70. The van der Waals surface area contributed by atoms with Gasteiger partial charge in [0.05, 0.1) is 37.4 Å². The van der Waals surface area contributed by atoms with Crippen molar-refractivity contribution in [1.29, 1.82) is 0 Å². The van der Waals surface area contributed by atoms with Crippen LogP contribution in [0.4, 0.5) is 10.5 Å². The number of amides is 2. The number of nitrogens with zero attached hydrogens (tertiary/aromatic N) is 1. The van der Waals surface area contributed by atoms with Crippen molar-refractivity contribution in [1.82, 2.24) is 10.6 Å². The molecule has 2 rings (SSSR count). The zero-order valence-electron chi connectivity index (χ0n) is 14.7. The third kappa shape index (κ3) is 3.53. The lowest BCUT2D eigenvalue weighted by Gasteiger charge is -2.28. The van der Waals surface area contributed by atoms with Gasteiger partial charge in [-0.1, -0.05) is 0 Å². The normalized spacial score (nSPS) is 16.5. The molecule has 26 heavy (non-hydrogen) atoms. The van der Waals surface area contributed by atoms with Crippen LogP contribution in [-0.2, 0) is 9.53 Å². The van der Waals surface area contributed by atoms with Gasteiger partial charge in [0.25, 0.3) is 0 Å². The van der Waals surface area contributed by atoms with Crippen molar-refractivity contribution in [2.45, 2.75) is 19.9 Å². The third-order valence-electron chi connectivity index (χ3n) is 3.77. The van der Waals surface area contributed by atoms with E-state index >= 15 is 0 Å². The van der Waals surface area contributed by atoms with Crippen LogP contribution in [0.25, 0.3) is 0 Å². The number of nitrogens with one attached hydrogen (secondary N) is 2. The van der Waals surface area contributed by atoms with Crippen molar-refractivity contribution in [2.75, 3.05) is 20.8 Å². The number of nitro groups is 1. The first-order valence-electron chi connectivity index (χ1n) is 7.69. The van der Waals surface area contributed by atoms with E-state index < -0.39 is 23.0 Å². The number of carbonyl (C=O) groups is 2. The first-order valence-corrected chi connectivity index (χ1v) is 7.69. The number of rotatable bonds is 6. The predicted octanol–water partition coefficient (Wildman–Crippen LogP) is 1.80. The zero-order valence-corrected chi connectivity index (χ0v) is 14.7. The van der Waals surface area contributed by atoms with E-state index in [1.54, 1.807) is 13.8 Å². The number of methoxy groups -OCH3 is 2. The Morgan fingerprint density at radius 2 is 2.04 bits per heavy atom. The van der Waals surface area contributed by atoms with Gasteiger partial charge in [0.2, 0.25) is 5.75 Å². The van der Waals surface area contributed by atoms with E-state index in [0.717, 1.165) is 0 Å². The van der Waals surface area contributed by atoms with E-state index in [1.165, 1.54) is 26.4 Å². The number of hydrogen-bond acceptors (Lipinski definition) is 7. The first kappa shape index (κ1) is 19.0. The highest BCUT2D eigenvalue weighted by Crippen LogP contribution is 2.41. The summed E-state index contributed by atoms with van der Waals surface area (Å²) in [6.45, 7) is 3.50. The molecular formula is C16H19N3O7. The molecule has 1 heterocycles. The molecule has 2 amide bonds. The van der Waals surface area contributed by atoms with Crippen molar-refractivity contribution in [2.24, 2.45) is 0 Å². The van der Waals surface area contributed by atoms with Crippen molar-refractivity contribution >= 4 is 17.7 Å². The summed E-state index contributed by atoms with van der Waals surface area (Å²) in [5, 5.41) is 16.5. The summed E-state index contributed by atoms with van der Waals surface area (Å²) in [7, 11) is 2.50. The minimum absolute atomic E-state index is 0.0406. The van der Waals surface area contributed by atoms with E-state index in [9.17, 15) is 19.7 Å². The summed E-state index contributed by atoms with van der Waals surface area (Å²) in [4.78, 5) is 34.8. The van der Waals surface area contributed by atoms with Gasteiger partial charge in [-0.05, 0) is 25.5 Å². The molecule has 0 aromatic heterocycles. The van der Waals surface area contributed by atoms with Crippen LogP contribution in [0.15, 0.2) is 23.4 Å². The second kappa shape index (κ2) is 7.72. The van der Waals surface area contributed by atoms with Gasteiger partial charge in [0.1, 0.15) is 0 Å². The zero-order chi connectivity index (χ0) is 19.4. The van der Waals surface area contributed by atoms with E-state index in [-0.39, 0.29) is 34.9 Å². The van der Waals surface area contributed by atoms with E-state index in [2.05, 4.69) is 10.6 Å². The van der Waals surface area contributed by atoms with Crippen molar-refractivity contribution in [3.63, 3.8) is 0 Å². The molecular weight excluding hydrogens is 346 g/mol. The maximum absolute atomic E-state index is 12.2. The minimum Gasteiger partial charge on any atom is -0.490 e. The first-order chi connectivity index (χ1) is 12.3. The molecule has 0 fully saturated rings. The molecule has 0 saturated carbocycles. The number of nitro benzene ring substituents is 1. The largest absolute Gasteiger partial charge is 0.490 e. The topological polar surface area (TPSA) is 129 Å². The highest BCUT2D eigenvalue weighted by atomic mass is 16.6. The molecule has 2 N–H and O–H groups in total. The van der Waals surface area contributed by atoms with Crippen molar-refractivity contribution in [3.05, 3.63) is 39.1 Å². The van der Waals surface area contributed by atoms with E-state index in [1.807, 2.05) is 0 Å². The fourth-order valence-electron chi connectivity index (χ4n) is 2.70. The average Bonchev–Trinajstić information content (AvgIpc) is 2.59. The highest BCUT2D eigenvalue weighted by molar-refractivity contribution is 5.95. The molecule has 1 aromatic carbocycles. The van der Waals surface area contributed by atoms with Gasteiger partial charge in [0.15, 0.2) is 5.75 Å². The molecule has 140 valence electrons. The van der Waals surface area contributed by atoms with Crippen molar-refractivity contribution < 1.29 is 28.7 Å². The number of carbonyl (C=O) groups excluding carboxylic acids is 2. The predicted molar refractivity (Wildman–Crippen MR) is 89.9 cm³/mol. The SMILES string of the molecule is CCOc1cc(C2NC(=O)NC(C)=C2C(=O)OC)cc([N+](=O)[O-])c1OC. The van der Waals surface area contributed by atoms with Gasteiger partial charge in [-0.3, -0.25) is 10.1 Å². The third-order valence-corrected chi connectivity index (χ3v) is 3.77. The summed E-state index contributed by atoms with van der Waals surface area (Å²) in [5.74, 6) is -0.577. The molecule has 0 spiro atoms. The molecule has 10 nitrogen and oxygen atoms in total.